The van der Waals surface area contributed by atoms with Gasteiger partial charge in [-0.15, -0.1) is 0 Å². The van der Waals surface area contributed by atoms with E-state index in [9.17, 15) is 0 Å². The van der Waals surface area contributed by atoms with Crippen molar-refractivity contribution in [2.75, 3.05) is 43.9 Å². The van der Waals surface area contributed by atoms with Gasteiger partial charge in [0.25, 0.3) is 0 Å². The summed E-state index contributed by atoms with van der Waals surface area (Å²) in [5.74, 6) is 3.11. The first-order chi connectivity index (χ1) is 17.7. The zero-order chi connectivity index (χ0) is 28.7. The predicted molar refractivity (Wildman–Crippen MR) is 172 cm³/mol. The zero-order valence-corrected chi connectivity index (χ0v) is 32.4. The number of hydrogen-bond acceptors (Lipinski definition) is 3. The molecule has 6 heteroatoms. The molecule has 0 bridgehead atoms. The minimum Gasteiger partial charge on any atom is -1.00 e. The number of hydrogen-bond donors (Lipinski definition) is 2. The first kappa shape index (κ1) is 42.6. The summed E-state index contributed by atoms with van der Waals surface area (Å²) in [6.45, 7) is 31.7. The number of halogens is 2. The van der Waals surface area contributed by atoms with Crippen LogP contribution in [0.3, 0.4) is 0 Å². The molecule has 0 aliphatic heterocycles. The SMILES string of the molecule is CC(C)c1cc(C(C)C)c(NCCN(C)CCNc2c(C(C)C)cc(C(C)C)cc2C(C)C)c(C(C)C)c1.[Br-].[Br-].[Co+2]. The van der Waals surface area contributed by atoms with E-state index in [0.717, 1.165) is 26.2 Å². The molecule has 0 atom stereocenters. The van der Waals surface area contributed by atoms with E-state index in [-0.39, 0.29) is 50.7 Å². The fourth-order valence-corrected chi connectivity index (χ4v) is 5.18. The van der Waals surface area contributed by atoms with Crippen molar-refractivity contribution < 1.29 is 50.7 Å². The third-order valence-corrected chi connectivity index (χ3v) is 7.86. The van der Waals surface area contributed by atoms with E-state index in [0.29, 0.717) is 35.5 Å². The summed E-state index contributed by atoms with van der Waals surface area (Å²) >= 11 is 0. The standard InChI is InChI=1S/C35H59N3.2BrH.Co/c1-22(2)28-18-30(24(5)6)34(31(19-28)25(7)8)36-14-16-38(13)17-15-37-35-32(26(9)10)20-29(23(3)4)21-33(35)27(11)12;;;/h18-27,36-37H,14-17H2,1-13H3;2*1H;/q;;;+2/p-2. The molecule has 2 aromatic carbocycles. The number of anilines is 2. The number of nitrogens with zero attached hydrogens (tertiary/aromatic N) is 1. The molecule has 1 radical (unpaired) electrons. The van der Waals surface area contributed by atoms with E-state index in [4.69, 9.17) is 0 Å². The first-order valence-corrected chi connectivity index (χ1v) is 15.3. The zero-order valence-electron chi connectivity index (χ0n) is 28.1. The minimum absolute atomic E-state index is 0. The van der Waals surface area contributed by atoms with Gasteiger partial charge in [0.05, 0.1) is 0 Å². The summed E-state index contributed by atoms with van der Waals surface area (Å²) in [4.78, 5) is 2.44. The Morgan fingerprint density at radius 2 is 0.732 bits per heavy atom. The molecule has 2 N–H and O–H groups in total. The Morgan fingerprint density at radius 1 is 0.488 bits per heavy atom. The maximum absolute atomic E-state index is 3.85. The van der Waals surface area contributed by atoms with Crippen LogP contribution in [0.25, 0.3) is 0 Å². The summed E-state index contributed by atoms with van der Waals surface area (Å²) in [6, 6.07) is 9.72. The third kappa shape index (κ3) is 12.2. The van der Waals surface area contributed by atoms with Crippen molar-refractivity contribution >= 4 is 11.4 Å². The van der Waals surface area contributed by atoms with Crippen LogP contribution in [0.1, 0.15) is 152 Å². The van der Waals surface area contributed by atoms with E-state index in [1.54, 1.807) is 0 Å². The van der Waals surface area contributed by atoms with Gasteiger partial charge >= 0.3 is 16.8 Å². The Kier molecular flexibility index (Phi) is 20.5. The van der Waals surface area contributed by atoms with Gasteiger partial charge in [-0.25, -0.2) is 0 Å². The third-order valence-electron chi connectivity index (χ3n) is 7.86. The molecule has 3 nitrogen and oxygen atoms in total. The molecule has 2 aromatic rings. The van der Waals surface area contributed by atoms with Crippen molar-refractivity contribution in [2.45, 2.75) is 119 Å². The molecule has 0 heterocycles. The summed E-state index contributed by atoms with van der Waals surface area (Å²) in [6.07, 6.45) is 0. The first-order valence-electron chi connectivity index (χ1n) is 15.3. The summed E-state index contributed by atoms with van der Waals surface area (Å²) in [7, 11) is 2.24. The van der Waals surface area contributed by atoms with E-state index >= 15 is 0 Å². The molecule has 0 saturated carbocycles. The van der Waals surface area contributed by atoms with Gasteiger partial charge < -0.3 is 49.5 Å². The molecule has 0 saturated heterocycles. The van der Waals surface area contributed by atoms with Gasteiger partial charge in [0.2, 0.25) is 0 Å². The van der Waals surface area contributed by atoms with Crippen LogP contribution in [-0.2, 0) is 16.8 Å². The van der Waals surface area contributed by atoms with Crippen LogP contribution in [0.5, 0.6) is 0 Å². The van der Waals surface area contributed by atoms with Crippen molar-refractivity contribution in [3.63, 3.8) is 0 Å². The molecule has 0 fully saturated rings. The largest absolute Gasteiger partial charge is 2.00 e. The second kappa shape index (κ2) is 19.7. The topological polar surface area (TPSA) is 27.3 Å². The van der Waals surface area contributed by atoms with Crippen molar-refractivity contribution in [3.05, 3.63) is 57.6 Å². The van der Waals surface area contributed by atoms with Crippen molar-refractivity contribution in [2.24, 2.45) is 0 Å². The molecule has 237 valence electrons. The average molecular weight is 741 g/mol. The van der Waals surface area contributed by atoms with Gasteiger partial charge in [0.15, 0.2) is 0 Å². The fraction of sp³-hybridized carbons (Fsp3) is 0.657. The Hall–Kier alpha value is -0.534. The van der Waals surface area contributed by atoms with Crippen molar-refractivity contribution in [3.8, 4) is 0 Å². The van der Waals surface area contributed by atoms with Crippen LogP contribution < -0.4 is 44.6 Å². The summed E-state index contributed by atoms with van der Waals surface area (Å²) in [5.41, 5.74) is 11.4. The van der Waals surface area contributed by atoms with Crippen LogP contribution in [-0.4, -0.2) is 38.1 Å². The fourth-order valence-electron chi connectivity index (χ4n) is 5.18. The molecule has 2 rings (SSSR count). The molecule has 0 aliphatic rings. The van der Waals surface area contributed by atoms with Crippen LogP contribution >= 0.6 is 0 Å². The molecule has 0 unspecified atom stereocenters. The van der Waals surface area contributed by atoms with Crippen LogP contribution in [0.2, 0.25) is 0 Å². The van der Waals surface area contributed by atoms with Crippen LogP contribution in [0.4, 0.5) is 11.4 Å². The molecular weight excluding hydrogens is 681 g/mol. The number of nitrogens with one attached hydrogen (secondary N) is 2. The smallest absolute Gasteiger partial charge is 1.00 e. The number of benzene rings is 2. The second-order valence-electron chi connectivity index (χ2n) is 13.2. The maximum Gasteiger partial charge on any atom is 2.00 e. The van der Waals surface area contributed by atoms with Crippen LogP contribution in [0.15, 0.2) is 24.3 Å². The normalized spacial score (nSPS) is 11.4. The Bertz CT molecular complexity index is 893. The second-order valence-corrected chi connectivity index (χ2v) is 13.2. The Morgan fingerprint density at radius 3 is 0.927 bits per heavy atom. The maximum atomic E-state index is 3.85. The van der Waals surface area contributed by atoms with E-state index in [1.165, 1.54) is 44.8 Å². The van der Waals surface area contributed by atoms with Gasteiger partial charge in [-0.3, -0.25) is 0 Å². The van der Waals surface area contributed by atoms with Gasteiger partial charge in [-0.2, -0.15) is 0 Å². The minimum atomic E-state index is 0. The van der Waals surface area contributed by atoms with Gasteiger partial charge in [0, 0.05) is 37.6 Å². The molecule has 0 spiro atoms. The van der Waals surface area contributed by atoms with E-state index in [2.05, 4.69) is 130 Å². The average Bonchev–Trinajstić information content (AvgIpc) is 2.82. The number of likely N-dealkylation sites (N-methyl/N-ethyl adjacent to an activating group) is 1. The summed E-state index contributed by atoms with van der Waals surface area (Å²) in [5, 5.41) is 7.71. The molecule has 0 aromatic heterocycles. The summed E-state index contributed by atoms with van der Waals surface area (Å²) < 4.78 is 0. The Labute approximate surface area is 285 Å². The Balaban J connectivity index is 0. The molecule has 0 amide bonds. The van der Waals surface area contributed by atoms with Gasteiger partial charge in [0.1, 0.15) is 0 Å². The van der Waals surface area contributed by atoms with Crippen molar-refractivity contribution in [1.82, 2.24) is 4.90 Å². The monoisotopic (exact) mass is 738 g/mol. The van der Waals surface area contributed by atoms with Crippen LogP contribution in [0, 0.1) is 0 Å². The van der Waals surface area contributed by atoms with Gasteiger partial charge in [-0.05, 0) is 75.9 Å². The quantitative estimate of drug-likeness (QED) is 0.308. The number of rotatable bonds is 14. The van der Waals surface area contributed by atoms with E-state index < -0.39 is 0 Å². The molecular formula is C35H59Br2CoN3. The molecule has 41 heavy (non-hydrogen) atoms. The van der Waals surface area contributed by atoms with Crippen molar-refractivity contribution in [1.29, 1.82) is 0 Å². The van der Waals surface area contributed by atoms with Gasteiger partial charge in [-0.1, -0.05) is 107 Å². The predicted octanol–water partition coefficient (Wildman–Crippen LogP) is 3.89. The van der Waals surface area contributed by atoms with E-state index in [1.807, 2.05) is 0 Å². The molecule has 0 aliphatic carbocycles.